The third kappa shape index (κ3) is 3.44. The molecule has 1 amide bonds. The highest BCUT2D eigenvalue weighted by Crippen LogP contribution is 2.28. The van der Waals surface area contributed by atoms with Gasteiger partial charge in [-0.25, -0.2) is 0 Å². The lowest BCUT2D eigenvalue weighted by molar-refractivity contribution is -0.118. The molecule has 0 aliphatic rings. The van der Waals surface area contributed by atoms with E-state index in [9.17, 15) is 9.90 Å². The van der Waals surface area contributed by atoms with Crippen LogP contribution in [0, 0.1) is 13.8 Å². The number of ether oxygens (including phenoxy) is 1. The molecule has 0 fully saturated rings. The maximum atomic E-state index is 11.6. The lowest BCUT2D eigenvalue weighted by Gasteiger charge is -2.14. The third-order valence-electron chi connectivity index (χ3n) is 2.39. The number of nitrogens with one attached hydrogen (secondary N) is 1. The first-order valence-corrected chi connectivity index (χ1v) is 5.31. The van der Waals surface area contributed by atoms with Gasteiger partial charge in [0.1, 0.15) is 11.8 Å². The number of nitrogens with two attached hydrogens (primary N) is 1. The normalized spacial score (nSPS) is 12.2. The molecule has 0 heterocycles. The first-order valence-electron chi connectivity index (χ1n) is 5.31. The molecular weight excluding hydrogens is 220 g/mol. The molecule has 0 aliphatic carbocycles. The van der Waals surface area contributed by atoms with Crippen molar-refractivity contribution in [2.24, 2.45) is 5.73 Å². The minimum Gasteiger partial charge on any atom is -0.505 e. The maximum absolute atomic E-state index is 11.6. The summed E-state index contributed by atoms with van der Waals surface area (Å²) >= 11 is 0. The maximum Gasteiger partial charge on any atom is 0.243 e. The van der Waals surface area contributed by atoms with Gasteiger partial charge in [-0.15, -0.1) is 0 Å². The van der Waals surface area contributed by atoms with Crippen LogP contribution in [0.2, 0.25) is 0 Å². The van der Waals surface area contributed by atoms with Crippen LogP contribution in [0.4, 0.5) is 5.69 Å². The molecule has 1 aromatic rings. The zero-order chi connectivity index (χ0) is 13.0. The fourth-order valence-electron chi connectivity index (χ4n) is 1.54. The Bertz CT molecular complexity index is 418. The Kier molecular flexibility index (Phi) is 4.48. The van der Waals surface area contributed by atoms with Crippen LogP contribution >= 0.6 is 0 Å². The minimum absolute atomic E-state index is 0.0635. The molecule has 94 valence electrons. The molecule has 0 aliphatic heterocycles. The van der Waals surface area contributed by atoms with Crippen LogP contribution in [0.5, 0.6) is 5.75 Å². The second-order valence-corrected chi connectivity index (χ2v) is 4.03. The van der Waals surface area contributed by atoms with Gasteiger partial charge in [-0.1, -0.05) is 6.07 Å². The van der Waals surface area contributed by atoms with Crippen LogP contribution in [-0.2, 0) is 9.53 Å². The Morgan fingerprint density at radius 3 is 2.76 bits per heavy atom. The molecule has 1 atom stereocenters. The van der Waals surface area contributed by atoms with Gasteiger partial charge in [0.2, 0.25) is 5.91 Å². The topological polar surface area (TPSA) is 84.6 Å². The van der Waals surface area contributed by atoms with Gasteiger partial charge < -0.3 is 20.9 Å². The monoisotopic (exact) mass is 238 g/mol. The van der Waals surface area contributed by atoms with Crippen LogP contribution in [0.15, 0.2) is 12.1 Å². The molecule has 0 saturated carbocycles. The number of carbonyl (C=O) groups is 1. The van der Waals surface area contributed by atoms with Crippen molar-refractivity contribution in [2.75, 3.05) is 19.0 Å². The minimum atomic E-state index is -0.750. The largest absolute Gasteiger partial charge is 0.505 e. The van der Waals surface area contributed by atoms with E-state index in [1.807, 2.05) is 13.0 Å². The van der Waals surface area contributed by atoms with Crippen LogP contribution in [0.3, 0.4) is 0 Å². The summed E-state index contributed by atoms with van der Waals surface area (Å²) in [5.41, 5.74) is 7.62. The molecule has 1 rings (SSSR count). The second kappa shape index (κ2) is 5.65. The van der Waals surface area contributed by atoms with Crippen molar-refractivity contribution in [1.29, 1.82) is 0 Å². The van der Waals surface area contributed by atoms with E-state index in [-0.39, 0.29) is 18.3 Å². The summed E-state index contributed by atoms with van der Waals surface area (Å²) in [5, 5.41) is 12.4. The third-order valence-corrected chi connectivity index (χ3v) is 2.39. The molecule has 4 N–H and O–H groups in total. The fraction of sp³-hybridized carbons (Fsp3) is 0.417. The average molecular weight is 238 g/mol. The molecule has 0 radical (unpaired) electrons. The van der Waals surface area contributed by atoms with Crippen molar-refractivity contribution >= 4 is 11.6 Å². The molecule has 1 unspecified atom stereocenters. The van der Waals surface area contributed by atoms with Gasteiger partial charge >= 0.3 is 0 Å². The lowest BCUT2D eigenvalue weighted by Crippen LogP contribution is -2.39. The van der Waals surface area contributed by atoms with Crippen LogP contribution in [0.25, 0.3) is 0 Å². The molecule has 17 heavy (non-hydrogen) atoms. The molecule has 0 saturated heterocycles. The van der Waals surface area contributed by atoms with Crippen molar-refractivity contribution < 1.29 is 14.6 Å². The van der Waals surface area contributed by atoms with E-state index in [1.165, 1.54) is 7.11 Å². The number of phenolic OH excluding ortho intramolecular Hbond substituents is 1. The fourth-order valence-corrected chi connectivity index (χ4v) is 1.54. The highest BCUT2D eigenvalue weighted by atomic mass is 16.5. The number of amides is 1. The highest BCUT2D eigenvalue weighted by molar-refractivity contribution is 5.96. The van der Waals surface area contributed by atoms with Gasteiger partial charge in [-0.2, -0.15) is 0 Å². The summed E-state index contributed by atoms with van der Waals surface area (Å²) in [7, 11) is 1.47. The Hall–Kier alpha value is -1.59. The second-order valence-electron chi connectivity index (χ2n) is 4.03. The van der Waals surface area contributed by atoms with E-state index < -0.39 is 6.04 Å². The van der Waals surface area contributed by atoms with Crippen molar-refractivity contribution in [1.82, 2.24) is 0 Å². The summed E-state index contributed by atoms with van der Waals surface area (Å²) in [4.78, 5) is 11.6. The smallest absolute Gasteiger partial charge is 0.243 e. The average Bonchev–Trinajstić information content (AvgIpc) is 2.25. The molecule has 0 bridgehead atoms. The Labute approximate surface area is 101 Å². The molecule has 0 spiro atoms. The number of aryl methyl sites for hydroxylation is 2. The zero-order valence-electron chi connectivity index (χ0n) is 10.3. The summed E-state index contributed by atoms with van der Waals surface area (Å²) in [6.07, 6.45) is 0. The number of anilines is 1. The molecule has 1 aromatic carbocycles. The first kappa shape index (κ1) is 13.5. The molecule has 5 nitrogen and oxygen atoms in total. The lowest BCUT2D eigenvalue weighted by atomic mass is 10.1. The highest BCUT2D eigenvalue weighted by Gasteiger charge is 2.15. The van der Waals surface area contributed by atoms with Crippen molar-refractivity contribution in [3.05, 3.63) is 23.3 Å². The van der Waals surface area contributed by atoms with Gasteiger partial charge in [0.25, 0.3) is 0 Å². The standard InChI is InChI=1S/C12H18N2O3/c1-7-4-8(2)11(15)10(5-7)14-12(16)9(13)6-17-3/h4-5,9,15H,6,13H2,1-3H3,(H,14,16). The Morgan fingerprint density at radius 1 is 1.53 bits per heavy atom. The summed E-state index contributed by atoms with van der Waals surface area (Å²) in [5.74, 6) is -0.319. The molecular formula is C12H18N2O3. The predicted molar refractivity (Wildman–Crippen MR) is 66.1 cm³/mol. The number of hydrogen-bond acceptors (Lipinski definition) is 4. The first-order chi connectivity index (χ1) is 7.95. The van der Waals surface area contributed by atoms with Crippen LogP contribution in [-0.4, -0.2) is 30.8 Å². The van der Waals surface area contributed by atoms with E-state index in [0.29, 0.717) is 11.3 Å². The van der Waals surface area contributed by atoms with Gasteiger partial charge in [0.05, 0.1) is 12.3 Å². The number of carbonyl (C=O) groups excluding carboxylic acids is 1. The number of methoxy groups -OCH3 is 1. The number of aromatic hydroxyl groups is 1. The number of hydrogen-bond donors (Lipinski definition) is 3. The number of rotatable bonds is 4. The van der Waals surface area contributed by atoms with Crippen molar-refractivity contribution in [3.63, 3.8) is 0 Å². The van der Waals surface area contributed by atoms with Crippen molar-refractivity contribution in [3.8, 4) is 5.75 Å². The molecule has 5 heteroatoms. The van der Waals surface area contributed by atoms with E-state index in [4.69, 9.17) is 10.5 Å². The van der Waals surface area contributed by atoms with Crippen LogP contribution in [0.1, 0.15) is 11.1 Å². The van der Waals surface area contributed by atoms with E-state index >= 15 is 0 Å². The summed E-state index contributed by atoms with van der Waals surface area (Å²) in [6, 6.07) is 2.78. The van der Waals surface area contributed by atoms with Crippen LogP contribution < -0.4 is 11.1 Å². The Morgan fingerprint density at radius 2 is 2.18 bits per heavy atom. The molecule has 0 aromatic heterocycles. The summed E-state index contributed by atoms with van der Waals surface area (Å²) < 4.78 is 4.79. The number of benzene rings is 1. The number of phenols is 1. The quantitative estimate of drug-likeness (QED) is 0.681. The van der Waals surface area contributed by atoms with E-state index in [2.05, 4.69) is 5.32 Å². The van der Waals surface area contributed by atoms with Gasteiger partial charge in [0.15, 0.2) is 0 Å². The Balaban J connectivity index is 2.85. The van der Waals surface area contributed by atoms with Gasteiger partial charge in [-0.3, -0.25) is 4.79 Å². The van der Waals surface area contributed by atoms with Crippen molar-refractivity contribution in [2.45, 2.75) is 19.9 Å². The SMILES string of the molecule is COCC(N)C(=O)Nc1cc(C)cc(C)c1O. The van der Waals surface area contributed by atoms with Gasteiger partial charge in [0, 0.05) is 7.11 Å². The zero-order valence-corrected chi connectivity index (χ0v) is 10.3. The van der Waals surface area contributed by atoms with E-state index in [0.717, 1.165) is 5.56 Å². The van der Waals surface area contributed by atoms with E-state index in [1.54, 1.807) is 13.0 Å². The summed E-state index contributed by atoms with van der Waals surface area (Å²) in [6.45, 7) is 3.79. The van der Waals surface area contributed by atoms with Gasteiger partial charge in [-0.05, 0) is 31.0 Å². The predicted octanol–water partition coefficient (Wildman–Crippen LogP) is 0.921.